The zero-order chi connectivity index (χ0) is 12.0. The molecule has 1 fully saturated rings. The third kappa shape index (κ3) is 3.79. The van der Waals surface area contributed by atoms with Crippen LogP contribution < -0.4 is 5.32 Å². The Hall–Kier alpha value is -1.14. The molecular weight excluding hydrogens is 212 g/mol. The number of nitrogens with one attached hydrogen (secondary N) is 1. The molecule has 1 saturated heterocycles. The standard InChI is InChI=1S/C10H18N2O4/c1-15-5-3-4-12-6-8(10(14)16-2)11-9(13)7-12/h8H,3-7H2,1-2H3,(H,11,13). The lowest BCUT2D eigenvalue weighted by atomic mass is 10.2. The van der Waals surface area contributed by atoms with Gasteiger partial charge in [0.1, 0.15) is 6.04 Å². The van der Waals surface area contributed by atoms with E-state index in [2.05, 4.69) is 10.1 Å². The van der Waals surface area contributed by atoms with E-state index in [-0.39, 0.29) is 5.91 Å². The van der Waals surface area contributed by atoms with Crippen LogP contribution in [-0.2, 0) is 19.1 Å². The fraction of sp³-hybridized carbons (Fsp3) is 0.800. The maximum atomic E-state index is 11.3. The summed E-state index contributed by atoms with van der Waals surface area (Å²) in [5.74, 6) is -0.538. The van der Waals surface area contributed by atoms with Crippen LogP contribution in [0.4, 0.5) is 0 Å². The van der Waals surface area contributed by atoms with Crippen LogP contribution in [0.15, 0.2) is 0 Å². The lowest BCUT2D eigenvalue weighted by Gasteiger charge is -2.31. The van der Waals surface area contributed by atoms with E-state index in [1.807, 2.05) is 4.90 Å². The zero-order valence-corrected chi connectivity index (χ0v) is 9.69. The second-order valence-electron chi connectivity index (χ2n) is 3.72. The molecule has 1 aliphatic heterocycles. The van der Waals surface area contributed by atoms with Gasteiger partial charge in [0, 0.05) is 26.8 Å². The summed E-state index contributed by atoms with van der Waals surface area (Å²) in [5, 5.41) is 2.60. The average Bonchev–Trinajstić information content (AvgIpc) is 2.27. The Bertz CT molecular complexity index is 257. The van der Waals surface area contributed by atoms with Crippen molar-refractivity contribution >= 4 is 11.9 Å². The lowest BCUT2D eigenvalue weighted by molar-refractivity contribution is -0.147. The van der Waals surface area contributed by atoms with E-state index in [9.17, 15) is 9.59 Å². The topological polar surface area (TPSA) is 67.9 Å². The van der Waals surface area contributed by atoms with Crippen molar-refractivity contribution in [2.45, 2.75) is 12.5 Å². The first-order chi connectivity index (χ1) is 7.67. The first-order valence-corrected chi connectivity index (χ1v) is 5.26. The van der Waals surface area contributed by atoms with Crippen molar-refractivity contribution in [3.63, 3.8) is 0 Å². The van der Waals surface area contributed by atoms with Gasteiger partial charge in [-0.1, -0.05) is 0 Å². The van der Waals surface area contributed by atoms with E-state index < -0.39 is 12.0 Å². The highest BCUT2D eigenvalue weighted by Gasteiger charge is 2.29. The molecule has 0 aromatic heterocycles. The summed E-state index contributed by atoms with van der Waals surface area (Å²) in [6, 6.07) is -0.547. The van der Waals surface area contributed by atoms with Crippen molar-refractivity contribution in [2.75, 3.05) is 40.5 Å². The molecule has 1 amide bonds. The summed E-state index contributed by atoms with van der Waals surface area (Å²) in [7, 11) is 2.96. The van der Waals surface area contributed by atoms with E-state index in [1.54, 1.807) is 7.11 Å². The largest absolute Gasteiger partial charge is 0.467 e. The van der Waals surface area contributed by atoms with Crippen LogP contribution in [0.1, 0.15) is 6.42 Å². The van der Waals surface area contributed by atoms with E-state index in [0.717, 1.165) is 13.0 Å². The molecule has 0 saturated carbocycles. The first-order valence-electron chi connectivity index (χ1n) is 5.26. The Morgan fingerprint density at radius 1 is 1.56 bits per heavy atom. The van der Waals surface area contributed by atoms with Gasteiger partial charge in [-0.15, -0.1) is 0 Å². The van der Waals surface area contributed by atoms with E-state index in [1.165, 1.54) is 7.11 Å². The summed E-state index contributed by atoms with van der Waals surface area (Å²) in [6.45, 7) is 2.23. The minimum atomic E-state index is -0.547. The Labute approximate surface area is 94.9 Å². The monoisotopic (exact) mass is 230 g/mol. The number of esters is 1. The molecule has 0 spiro atoms. The van der Waals surface area contributed by atoms with Crippen molar-refractivity contribution in [1.82, 2.24) is 10.2 Å². The molecule has 1 atom stereocenters. The van der Waals surface area contributed by atoms with Crippen molar-refractivity contribution in [2.24, 2.45) is 0 Å². The zero-order valence-electron chi connectivity index (χ0n) is 9.69. The highest BCUT2D eigenvalue weighted by Crippen LogP contribution is 2.02. The van der Waals surface area contributed by atoms with Crippen LogP contribution in [0.5, 0.6) is 0 Å². The van der Waals surface area contributed by atoms with Gasteiger partial charge in [0.25, 0.3) is 0 Å². The Morgan fingerprint density at radius 3 is 2.94 bits per heavy atom. The number of carbonyl (C=O) groups is 2. The van der Waals surface area contributed by atoms with Gasteiger partial charge in [-0.3, -0.25) is 9.69 Å². The predicted octanol–water partition coefficient (Wildman–Crippen LogP) is -1.00. The minimum absolute atomic E-state index is 0.140. The van der Waals surface area contributed by atoms with E-state index in [0.29, 0.717) is 19.7 Å². The second-order valence-corrected chi connectivity index (χ2v) is 3.72. The van der Waals surface area contributed by atoms with Crippen LogP contribution in [-0.4, -0.2) is 63.3 Å². The van der Waals surface area contributed by atoms with Crippen molar-refractivity contribution in [3.8, 4) is 0 Å². The SMILES string of the molecule is COCCCN1CC(=O)NC(C(=O)OC)C1. The molecule has 1 aliphatic rings. The molecule has 0 radical (unpaired) electrons. The maximum absolute atomic E-state index is 11.3. The van der Waals surface area contributed by atoms with E-state index >= 15 is 0 Å². The Morgan fingerprint density at radius 2 is 2.31 bits per heavy atom. The average molecular weight is 230 g/mol. The molecule has 0 aliphatic carbocycles. The Kier molecular flexibility index (Phi) is 5.21. The highest BCUT2D eigenvalue weighted by atomic mass is 16.5. The fourth-order valence-corrected chi connectivity index (χ4v) is 1.69. The van der Waals surface area contributed by atoms with Crippen LogP contribution in [0.25, 0.3) is 0 Å². The third-order valence-corrected chi connectivity index (χ3v) is 2.45. The van der Waals surface area contributed by atoms with Crippen LogP contribution in [0.3, 0.4) is 0 Å². The normalized spacial score (nSPS) is 21.6. The number of hydrogen-bond acceptors (Lipinski definition) is 5. The molecule has 6 heteroatoms. The Balaban J connectivity index is 2.41. The number of methoxy groups -OCH3 is 2. The van der Waals surface area contributed by atoms with E-state index in [4.69, 9.17) is 4.74 Å². The van der Waals surface area contributed by atoms with Crippen LogP contribution in [0, 0.1) is 0 Å². The van der Waals surface area contributed by atoms with Crippen LogP contribution in [0.2, 0.25) is 0 Å². The molecule has 0 aromatic rings. The van der Waals surface area contributed by atoms with Gasteiger partial charge in [-0.2, -0.15) is 0 Å². The molecule has 1 rings (SSSR count). The van der Waals surface area contributed by atoms with Crippen LogP contribution >= 0.6 is 0 Å². The summed E-state index contributed by atoms with van der Waals surface area (Å²) in [4.78, 5) is 24.6. The summed E-state index contributed by atoms with van der Waals surface area (Å²) >= 11 is 0. The predicted molar refractivity (Wildman–Crippen MR) is 56.9 cm³/mol. The number of ether oxygens (including phenoxy) is 2. The lowest BCUT2D eigenvalue weighted by Crippen LogP contribution is -2.57. The number of rotatable bonds is 5. The number of piperazine rings is 1. The summed E-state index contributed by atoms with van der Waals surface area (Å²) in [5.41, 5.74) is 0. The quantitative estimate of drug-likeness (QED) is 0.484. The summed E-state index contributed by atoms with van der Waals surface area (Å²) in [6.07, 6.45) is 0.845. The molecular formula is C10H18N2O4. The minimum Gasteiger partial charge on any atom is -0.467 e. The third-order valence-electron chi connectivity index (χ3n) is 2.45. The smallest absolute Gasteiger partial charge is 0.329 e. The maximum Gasteiger partial charge on any atom is 0.329 e. The van der Waals surface area contributed by atoms with Crippen molar-refractivity contribution in [1.29, 1.82) is 0 Å². The second kappa shape index (κ2) is 6.44. The summed E-state index contributed by atoms with van der Waals surface area (Å²) < 4.78 is 9.54. The van der Waals surface area contributed by atoms with Gasteiger partial charge in [0.15, 0.2) is 0 Å². The van der Waals surface area contributed by atoms with Crippen molar-refractivity contribution in [3.05, 3.63) is 0 Å². The molecule has 92 valence electrons. The molecule has 0 aromatic carbocycles. The molecule has 16 heavy (non-hydrogen) atoms. The highest BCUT2D eigenvalue weighted by molar-refractivity contribution is 5.86. The van der Waals surface area contributed by atoms with Gasteiger partial charge >= 0.3 is 5.97 Å². The number of carbonyl (C=O) groups excluding carboxylic acids is 2. The molecule has 1 unspecified atom stereocenters. The van der Waals surface area contributed by atoms with Gasteiger partial charge in [-0.05, 0) is 6.42 Å². The molecule has 0 bridgehead atoms. The molecule has 1 heterocycles. The fourth-order valence-electron chi connectivity index (χ4n) is 1.69. The first kappa shape index (κ1) is 12.9. The number of amides is 1. The molecule has 1 N–H and O–H groups in total. The van der Waals surface area contributed by atoms with Gasteiger partial charge in [0.2, 0.25) is 5.91 Å². The number of hydrogen-bond donors (Lipinski definition) is 1. The van der Waals surface area contributed by atoms with Gasteiger partial charge in [-0.25, -0.2) is 4.79 Å². The molecule has 6 nitrogen and oxygen atoms in total. The van der Waals surface area contributed by atoms with Gasteiger partial charge in [0.05, 0.1) is 13.7 Å². The number of nitrogens with zero attached hydrogens (tertiary/aromatic N) is 1. The van der Waals surface area contributed by atoms with Gasteiger partial charge < -0.3 is 14.8 Å². The van der Waals surface area contributed by atoms with Crippen molar-refractivity contribution < 1.29 is 19.1 Å².